The zero-order valence-corrected chi connectivity index (χ0v) is 7.52. The van der Waals surface area contributed by atoms with E-state index >= 15 is 0 Å². The molecule has 2 aromatic rings. The van der Waals surface area contributed by atoms with E-state index in [1.54, 1.807) is 18.4 Å². The van der Waals surface area contributed by atoms with Gasteiger partial charge in [0.25, 0.3) is 0 Å². The highest BCUT2D eigenvalue weighted by atomic mass is 32.1. The molecule has 62 valence electrons. The Balaban J connectivity index is 2.83. The molecule has 0 fully saturated rings. The fourth-order valence-corrected chi connectivity index (χ4v) is 2.05. The van der Waals surface area contributed by atoms with E-state index in [4.69, 9.17) is 10.5 Å². The molecule has 1 aromatic carbocycles. The number of hydrogen-bond donors (Lipinski definition) is 1. The van der Waals surface area contributed by atoms with Crippen molar-refractivity contribution >= 4 is 27.1 Å². The smallest absolute Gasteiger partial charge is 0.150 e. The molecule has 0 aliphatic heterocycles. The van der Waals surface area contributed by atoms with Gasteiger partial charge in [0.05, 0.1) is 12.8 Å². The lowest BCUT2D eigenvalue weighted by Gasteiger charge is -2.04. The van der Waals surface area contributed by atoms with Crippen LogP contribution >= 0.6 is 11.3 Å². The lowest BCUT2D eigenvalue weighted by atomic mass is 10.2. The molecule has 0 aliphatic rings. The molecule has 0 saturated heterocycles. The van der Waals surface area contributed by atoms with Crippen LogP contribution in [0.25, 0.3) is 10.1 Å². The van der Waals surface area contributed by atoms with Gasteiger partial charge in [-0.3, -0.25) is 0 Å². The summed E-state index contributed by atoms with van der Waals surface area (Å²) in [5, 5.41) is 3.13. The highest BCUT2D eigenvalue weighted by molar-refractivity contribution is 7.17. The molecule has 0 unspecified atom stereocenters. The molecule has 2 rings (SSSR count). The molecule has 2 N–H and O–H groups in total. The Morgan fingerprint density at radius 3 is 2.92 bits per heavy atom. The summed E-state index contributed by atoms with van der Waals surface area (Å²) in [6.07, 6.45) is 0. The van der Waals surface area contributed by atoms with Crippen LogP contribution in [0.3, 0.4) is 0 Å². The van der Waals surface area contributed by atoms with Crippen LogP contribution in [0.15, 0.2) is 23.6 Å². The monoisotopic (exact) mass is 179 g/mol. The first-order valence-corrected chi connectivity index (χ1v) is 4.50. The van der Waals surface area contributed by atoms with Gasteiger partial charge < -0.3 is 10.5 Å². The molecule has 0 amide bonds. The average Bonchev–Trinajstić information content (AvgIpc) is 2.52. The molecule has 1 aromatic heterocycles. The largest absolute Gasteiger partial charge is 0.494 e. The van der Waals surface area contributed by atoms with Gasteiger partial charge in [-0.15, -0.1) is 11.3 Å². The summed E-state index contributed by atoms with van der Waals surface area (Å²) in [4.78, 5) is 0. The second-order valence-electron chi connectivity index (χ2n) is 2.52. The number of nitrogens with two attached hydrogens (primary N) is 1. The summed E-state index contributed by atoms with van der Waals surface area (Å²) in [5.41, 5.74) is 6.43. The molecule has 12 heavy (non-hydrogen) atoms. The molecule has 0 radical (unpaired) electrons. The van der Waals surface area contributed by atoms with Crippen molar-refractivity contribution in [3.8, 4) is 5.75 Å². The fourth-order valence-electron chi connectivity index (χ4n) is 1.26. The topological polar surface area (TPSA) is 35.2 Å². The number of hydrogen-bond acceptors (Lipinski definition) is 3. The molecule has 0 spiro atoms. The average molecular weight is 179 g/mol. The van der Waals surface area contributed by atoms with Crippen LogP contribution in [0.2, 0.25) is 0 Å². The number of nitrogen functional groups attached to an aromatic ring is 1. The Bertz CT molecular complexity index is 408. The predicted molar refractivity (Wildman–Crippen MR) is 52.8 cm³/mol. The van der Waals surface area contributed by atoms with E-state index in [0.717, 1.165) is 11.1 Å². The van der Waals surface area contributed by atoms with E-state index in [1.807, 2.05) is 23.6 Å². The quantitative estimate of drug-likeness (QED) is 0.682. The zero-order chi connectivity index (χ0) is 8.55. The molecular formula is C9H9NOS. The Morgan fingerprint density at radius 2 is 2.17 bits per heavy atom. The van der Waals surface area contributed by atoms with E-state index in [0.29, 0.717) is 5.69 Å². The maximum Gasteiger partial charge on any atom is 0.150 e. The van der Waals surface area contributed by atoms with Crippen molar-refractivity contribution < 1.29 is 4.74 Å². The highest BCUT2D eigenvalue weighted by Gasteiger charge is 2.05. The highest BCUT2D eigenvalue weighted by Crippen LogP contribution is 2.34. The molecule has 3 heteroatoms. The van der Waals surface area contributed by atoms with E-state index in [2.05, 4.69) is 0 Å². The summed E-state index contributed by atoms with van der Waals surface area (Å²) in [6.45, 7) is 0. The molecule has 1 heterocycles. The summed E-state index contributed by atoms with van der Waals surface area (Å²) in [6, 6.07) is 5.91. The SMILES string of the molecule is COc1c(N)ccc2sccc12. The Kier molecular flexibility index (Phi) is 1.66. The predicted octanol–water partition coefficient (Wildman–Crippen LogP) is 2.49. The van der Waals surface area contributed by atoms with Crippen LogP contribution in [-0.2, 0) is 0 Å². The first-order valence-electron chi connectivity index (χ1n) is 3.62. The molecular weight excluding hydrogens is 170 g/mol. The van der Waals surface area contributed by atoms with Gasteiger partial charge in [-0.1, -0.05) is 0 Å². The second-order valence-corrected chi connectivity index (χ2v) is 3.47. The normalized spacial score (nSPS) is 10.4. The summed E-state index contributed by atoms with van der Waals surface area (Å²) in [5.74, 6) is 0.786. The van der Waals surface area contributed by atoms with Crippen molar-refractivity contribution in [2.45, 2.75) is 0 Å². The zero-order valence-electron chi connectivity index (χ0n) is 6.70. The van der Waals surface area contributed by atoms with Gasteiger partial charge in [0.1, 0.15) is 5.75 Å². The third kappa shape index (κ3) is 0.940. The van der Waals surface area contributed by atoms with Gasteiger partial charge in [0, 0.05) is 10.1 Å². The van der Waals surface area contributed by atoms with Crippen molar-refractivity contribution in [2.24, 2.45) is 0 Å². The Labute approximate surface area is 74.6 Å². The minimum Gasteiger partial charge on any atom is -0.494 e. The summed E-state index contributed by atoms with van der Waals surface area (Å²) < 4.78 is 6.41. The third-order valence-electron chi connectivity index (χ3n) is 1.82. The van der Waals surface area contributed by atoms with Crippen molar-refractivity contribution in [3.05, 3.63) is 23.6 Å². The van der Waals surface area contributed by atoms with Crippen LogP contribution in [0.4, 0.5) is 5.69 Å². The maximum atomic E-state index is 5.74. The number of ether oxygens (including phenoxy) is 1. The third-order valence-corrected chi connectivity index (χ3v) is 2.70. The first-order chi connectivity index (χ1) is 5.83. The molecule has 2 nitrogen and oxygen atoms in total. The van der Waals surface area contributed by atoms with Crippen molar-refractivity contribution in [3.63, 3.8) is 0 Å². The van der Waals surface area contributed by atoms with Crippen LogP contribution in [-0.4, -0.2) is 7.11 Å². The fraction of sp³-hybridized carbons (Fsp3) is 0.111. The molecule has 0 aliphatic carbocycles. The van der Waals surface area contributed by atoms with Crippen LogP contribution in [0.5, 0.6) is 5.75 Å². The summed E-state index contributed by atoms with van der Waals surface area (Å²) >= 11 is 1.69. The first kappa shape index (κ1) is 7.43. The van der Waals surface area contributed by atoms with Gasteiger partial charge in [0.2, 0.25) is 0 Å². The number of anilines is 1. The molecule has 0 bridgehead atoms. The Hall–Kier alpha value is -1.22. The number of thiophene rings is 1. The maximum absolute atomic E-state index is 5.74. The minimum atomic E-state index is 0.698. The number of benzene rings is 1. The van der Waals surface area contributed by atoms with Gasteiger partial charge in [0.15, 0.2) is 0 Å². The summed E-state index contributed by atoms with van der Waals surface area (Å²) in [7, 11) is 1.64. The van der Waals surface area contributed by atoms with E-state index in [9.17, 15) is 0 Å². The van der Waals surface area contributed by atoms with E-state index in [1.165, 1.54) is 4.70 Å². The van der Waals surface area contributed by atoms with Gasteiger partial charge in [-0.25, -0.2) is 0 Å². The van der Waals surface area contributed by atoms with Gasteiger partial charge in [-0.05, 0) is 23.6 Å². The number of methoxy groups -OCH3 is 1. The lowest BCUT2D eigenvalue weighted by molar-refractivity contribution is 0.422. The lowest BCUT2D eigenvalue weighted by Crippen LogP contribution is -1.91. The Morgan fingerprint density at radius 1 is 1.33 bits per heavy atom. The molecule has 0 saturated carbocycles. The minimum absolute atomic E-state index is 0.698. The number of rotatable bonds is 1. The number of fused-ring (bicyclic) bond motifs is 1. The van der Waals surface area contributed by atoms with Gasteiger partial charge >= 0.3 is 0 Å². The molecule has 0 atom stereocenters. The second kappa shape index (κ2) is 2.68. The van der Waals surface area contributed by atoms with Crippen molar-refractivity contribution in [1.82, 2.24) is 0 Å². The standard InChI is InChI=1S/C9H9NOS/c1-11-9-6-4-5-12-8(6)3-2-7(9)10/h2-5H,10H2,1H3. The van der Waals surface area contributed by atoms with Crippen molar-refractivity contribution in [1.29, 1.82) is 0 Å². The van der Waals surface area contributed by atoms with E-state index in [-0.39, 0.29) is 0 Å². The van der Waals surface area contributed by atoms with Gasteiger partial charge in [-0.2, -0.15) is 0 Å². The van der Waals surface area contributed by atoms with Crippen LogP contribution in [0.1, 0.15) is 0 Å². The van der Waals surface area contributed by atoms with Crippen LogP contribution < -0.4 is 10.5 Å². The van der Waals surface area contributed by atoms with Crippen molar-refractivity contribution in [2.75, 3.05) is 12.8 Å². The van der Waals surface area contributed by atoms with E-state index < -0.39 is 0 Å². The van der Waals surface area contributed by atoms with Crippen LogP contribution in [0, 0.1) is 0 Å².